The van der Waals surface area contributed by atoms with Gasteiger partial charge in [0.05, 0.1) is 6.61 Å². The average Bonchev–Trinajstić information content (AvgIpc) is 2.30. The van der Waals surface area contributed by atoms with Crippen LogP contribution in [0.15, 0.2) is 29.3 Å². The van der Waals surface area contributed by atoms with Crippen molar-refractivity contribution in [3.05, 3.63) is 40.3 Å². The van der Waals surface area contributed by atoms with Crippen molar-refractivity contribution in [2.45, 2.75) is 6.92 Å². The van der Waals surface area contributed by atoms with Crippen LogP contribution in [0.2, 0.25) is 0 Å². The first-order chi connectivity index (χ1) is 6.25. The molecule has 5 heteroatoms. The van der Waals surface area contributed by atoms with Gasteiger partial charge in [0.15, 0.2) is 5.43 Å². The van der Waals surface area contributed by atoms with Crippen molar-refractivity contribution < 1.29 is 9.53 Å². The van der Waals surface area contributed by atoms with Gasteiger partial charge in [0.25, 0.3) is 0 Å². The maximum atomic E-state index is 11.2. The molecular formula is C9H10ClNO3. The van der Waals surface area contributed by atoms with Crippen molar-refractivity contribution in [2.75, 3.05) is 6.61 Å². The van der Waals surface area contributed by atoms with Gasteiger partial charge in [-0.1, -0.05) is 0 Å². The number of hydrogen-bond acceptors (Lipinski definition) is 4. The first kappa shape index (κ1) is 12.6. The normalized spacial score (nSPS) is 8.64. The van der Waals surface area contributed by atoms with E-state index in [1.165, 1.54) is 24.5 Å². The Labute approximate surface area is 87.3 Å². The molecule has 0 fully saturated rings. The number of rotatable bonds is 2. The second-order valence-electron chi connectivity index (χ2n) is 2.28. The Morgan fingerprint density at radius 3 is 2.93 bits per heavy atom. The molecule has 0 bridgehead atoms. The van der Waals surface area contributed by atoms with Gasteiger partial charge in [-0.25, -0.2) is 4.79 Å². The Morgan fingerprint density at radius 2 is 2.29 bits per heavy atom. The summed E-state index contributed by atoms with van der Waals surface area (Å²) in [7, 11) is 0. The van der Waals surface area contributed by atoms with E-state index >= 15 is 0 Å². The van der Waals surface area contributed by atoms with Gasteiger partial charge in [-0.3, -0.25) is 9.78 Å². The summed E-state index contributed by atoms with van der Waals surface area (Å²) in [6, 6.07) is 2.75. The number of ether oxygens (including phenoxy) is 1. The Hall–Kier alpha value is -1.42. The molecular weight excluding hydrogens is 206 g/mol. The van der Waals surface area contributed by atoms with Crippen LogP contribution in [-0.2, 0) is 4.74 Å². The van der Waals surface area contributed by atoms with Gasteiger partial charge >= 0.3 is 5.97 Å². The highest BCUT2D eigenvalue weighted by atomic mass is 35.5. The number of aromatic nitrogens is 1. The fourth-order valence-electron chi connectivity index (χ4n) is 0.813. The van der Waals surface area contributed by atoms with Crippen molar-refractivity contribution in [2.24, 2.45) is 0 Å². The van der Waals surface area contributed by atoms with Gasteiger partial charge in [0.2, 0.25) is 0 Å². The predicted molar refractivity (Wildman–Crippen MR) is 53.7 cm³/mol. The smallest absolute Gasteiger partial charge is 0.343 e. The van der Waals surface area contributed by atoms with Crippen molar-refractivity contribution >= 4 is 18.4 Å². The molecule has 0 amide bonds. The van der Waals surface area contributed by atoms with E-state index in [1.54, 1.807) is 6.92 Å². The molecule has 0 aliphatic rings. The standard InChI is InChI=1S/C9H9NO3.ClH/c1-2-13-9(12)7-6-10-5-3-4-8(7)11;/h3-6H,2H2,1H3;1H. The molecule has 0 N–H and O–H groups in total. The minimum absolute atomic E-state index is 0. The summed E-state index contributed by atoms with van der Waals surface area (Å²) in [6.45, 7) is 1.93. The molecule has 1 heterocycles. The molecule has 14 heavy (non-hydrogen) atoms. The second-order valence-corrected chi connectivity index (χ2v) is 2.28. The number of carbonyl (C=O) groups excluding carboxylic acids is 1. The summed E-state index contributed by atoms with van der Waals surface area (Å²) in [5.74, 6) is -0.629. The van der Waals surface area contributed by atoms with E-state index in [2.05, 4.69) is 9.72 Å². The van der Waals surface area contributed by atoms with Crippen LogP contribution in [0, 0.1) is 0 Å². The quantitative estimate of drug-likeness (QED) is 0.692. The summed E-state index contributed by atoms with van der Waals surface area (Å²) in [5.41, 5.74) is -0.414. The monoisotopic (exact) mass is 215 g/mol. The molecule has 0 aliphatic carbocycles. The highest BCUT2D eigenvalue weighted by Gasteiger charge is 2.08. The lowest BCUT2D eigenvalue weighted by molar-refractivity contribution is 0.0524. The third-order valence-electron chi connectivity index (χ3n) is 1.38. The van der Waals surface area contributed by atoms with E-state index in [1.807, 2.05) is 0 Å². The van der Waals surface area contributed by atoms with E-state index in [-0.39, 0.29) is 30.0 Å². The summed E-state index contributed by atoms with van der Waals surface area (Å²) in [6.07, 6.45) is 2.64. The van der Waals surface area contributed by atoms with Crippen LogP contribution in [0.25, 0.3) is 0 Å². The van der Waals surface area contributed by atoms with Crippen molar-refractivity contribution in [1.29, 1.82) is 0 Å². The minimum Gasteiger partial charge on any atom is -0.462 e. The van der Waals surface area contributed by atoms with Crippen LogP contribution >= 0.6 is 12.4 Å². The third-order valence-corrected chi connectivity index (χ3v) is 1.38. The Morgan fingerprint density at radius 1 is 1.57 bits per heavy atom. The lowest BCUT2D eigenvalue weighted by atomic mass is 10.3. The van der Waals surface area contributed by atoms with Crippen LogP contribution in [0.1, 0.15) is 17.3 Å². The lowest BCUT2D eigenvalue weighted by Crippen LogP contribution is -2.14. The summed E-state index contributed by atoms with van der Waals surface area (Å²) in [4.78, 5) is 26.0. The Bertz CT molecular complexity index is 367. The highest BCUT2D eigenvalue weighted by molar-refractivity contribution is 5.88. The number of halogens is 1. The SMILES string of the molecule is CCOC(=O)c1cncccc1=O.Cl. The molecule has 0 unspecified atom stereocenters. The molecule has 0 saturated heterocycles. The lowest BCUT2D eigenvalue weighted by Gasteiger charge is -1.96. The third kappa shape index (κ3) is 3.14. The molecule has 0 saturated carbocycles. The molecule has 0 atom stereocenters. The number of esters is 1. The van der Waals surface area contributed by atoms with E-state index in [0.717, 1.165) is 0 Å². The topological polar surface area (TPSA) is 56.3 Å². The van der Waals surface area contributed by atoms with Crippen LogP contribution in [-0.4, -0.2) is 17.6 Å². The Balaban J connectivity index is 0.00000169. The largest absolute Gasteiger partial charge is 0.462 e. The maximum absolute atomic E-state index is 11.2. The fourth-order valence-corrected chi connectivity index (χ4v) is 0.813. The molecule has 76 valence electrons. The molecule has 4 nitrogen and oxygen atoms in total. The first-order valence-corrected chi connectivity index (χ1v) is 3.87. The van der Waals surface area contributed by atoms with Crippen LogP contribution < -0.4 is 5.43 Å². The van der Waals surface area contributed by atoms with Gasteiger partial charge in [0.1, 0.15) is 5.56 Å². The van der Waals surface area contributed by atoms with E-state index in [0.29, 0.717) is 0 Å². The minimum atomic E-state index is -0.629. The Kier molecular flexibility index (Phi) is 5.48. The van der Waals surface area contributed by atoms with Crippen molar-refractivity contribution in [3.8, 4) is 0 Å². The van der Waals surface area contributed by atoms with Gasteiger partial charge in [-0.15, -0.1) is 12.4 Å². The van der Waals surface area contributed by atoms with E-state index in [9.17, 15) is 9.59 Å². The van der Waals surface area contributed by atoms with Gasteiger partial charge in [-0.05, 0) is 19.1 Å². The average molecular weight is 216 g/mol. The molecule has 1 aromatic heterocycles. The summed E-state index contributed by atoms with van der Waals surface area (Å²) >= 11 is 0. The van der Waals surface area contributed by atoms with Crippen molar-refractivity contribution in [3.63, 3.8) is 0 Å². The maximum Gasteiger partial charge on any atom is 0.343 e. The van der Waals surface area contributed by atoms with E-state index < -0.39 is 5.97 Å². The van der Waals surface area contributed by atoms with Gasteiger partial charge in [-0.2, -0.15) is 0 Å². The van der Waals surface area contributed by atoms with Crippen molar-refractivity contribution in [1.82, 2.24) is 4.98 Å². The zero-order valence-electron chi connectivity index (χ0n) is 7.60. The fraction of sp³-hybridized carbons (Fsp3) is 0.222. The van der Waals surface area contributed by atoms with Crippen LogP contribution in [0.5, 0.6) is 0 Å². The first-order valence-electron chi connectivity index (χ1n) is 3.87. The second kappa shape index (κ2) is 6.10. The summed E-state index contributed by atoms with van der Waals surface area (Å²) in [5, 5.41) is 0. The molecule has 1 rings (SSSR count). The molecule has 0 aromatic carbocycles. The zero-order valence-corrected chi connectivity index (χ0v) is 8.41. The molecule has 1 aromatic rings. The van der Waals surface area contributed by atoms with Gasteiger partial charge < -0.3 is 4.74 Å². The zero-order chi connectivity index (χ0) is 9.68. The summed E-state index contributed by atoms with van der Waals surface area (Å²) < 4.78 is 4.67. The highest BCUT2D eigenvalue weighted by Crippen LogP contribution is 1.91. The molecule has 0 radical (unpaired) electrons. The number of hydrogen-bond donors (Lipinski definition) is 0. The molecule has 0 aliphatic heterocycles. The molecule has 0 spiro atoms. The predicted octanol–water partition coefficient (Wildman–Crippen LogP) is 1.04. The number of carbonyl (C=O) groups is 1. The van der Waals surface area contributed by atoms with Crippen LogP contribution in [0.3, 0.4) is 0 Å². The van der Waals surface area contributed by atoms with Gasteiger partial charge in [0, 0.05) is 12.4 Å². The van der Waals surface area contributed by atoms with Crippen LogP contribution in [0.4, 0.5) is 0 Å². The van der Waals surface area contributed by atoms with E-state index in [4.69, 9.17) is 0 Å². The number of nitrogens with zero attached hydrogens (tertiary/aromatic N) is 1.